The van der Waals surface area contributed by atoms with Crippen LogP contribution in [-0.2, 0) is 11.3 Å². The van der Waals surface area contributed by atoms with E-state index in [1.54, 1.807) is 6.07 Å². The number of hydrogen-bond acceptors (Lipinski definition) is 5. The van der Waals surface area contributed by atoms with E-state index in [1.165, 1.54) is 7.11 Å². The molecule has 1 aliphatic rings. The van der Waals surface area contributed by atoms with Gasteiger partial charge in [-0.3, -0.25) is 4.79 Å². The summed E-state index contributed by atoms with van der Waals surface area (Å²) >= 11 is 0. The van der Waals surface area contributed by atoms with Crippen molar-refractivity contribution in [1.29, 1.82) is 0 Å². The van der Waals surface area contributed by atoms with Gasteiger partial charge < -0.3 is 19.7 Å². The van der Waals surface area contributed by atoms with Crippen LogP contribution in [0.2, 0.25) is 0 Å². The third-order valence-corrected chi connectivity index (χ3v) is 8.00. The number of likely N-dealkylation sites (tertiary alicyclic amines) is 1. The number of benzene rings is 4. The van der Waals surface area contributed by atoms with Gasteiger partial charge >= 0.3 is 5.97 Å². The summed E-state index contributed by atoms with van der Waals surface area (Å²) < 4.78 is 11.2. The van der Waals surface area contributed by atoms with Crippen LogP contribution in [0.15, 0.2) is 97.1 Å². The summed E-state index contributed by atoms with van der Waals surface area (Å²) in [5.74, 6) is 0.00586. The molecular weight excluding hydrogens is 524 g/mol. The van der Waals surface area contributed by atoms with Gasteiger partial charge in [0, 0.05) is 6.04 Å². The molecule has 4 aromatic rings. The maximum absolute atomic E-state index is 14.0. The number of carbonyl (C=O) groups is 2. The molecule has 0 aromatic heterocycles. The van der Waals surface area contributed by atoms with Gasteiger partial charge in [0.2, 0.25) is 0 Å². The Balaban J connectivity index is 1.47. The monoisotopic (exact) mass is 562 g/mol. The predicted octanol–water partition coefficient (Wildman–Crippen LogP) is 7.56. The third-order valence-electron chi connectivity index (χ3n) is 8.00. The molecule has 5 rings (SSSR count). The van der Waals surface area contributed by atoms with E-state index in [-0.39, 0.29) is 11.5 Å². The van der Waals surface area contributed by atoms with Crippen molar-refractivity contribution in [3.63, 3.8) is 0 Å². The number of esters is 1. The fourth-order valence-electron chi connectivity index (χ4n) is 5.52. The highest BCUT2D eigenvalue weighted by Gasteiger charge is 2.25. The van der Waals surface area contributed by atoms with Crippen LogP contribution >= 0.6 is 0 Å². The Labute approximate surface area is 248 Å². The second-order valence-corrected chi connectivity index (χ2v) is 11.0. The largest absolute Gasteiger partial charge is 0.488 e. The van der Waals surface area contributed by atoms with Crippen LogP contribution in [0, 0.1) is 0 Å². The second-order valence-electron chi connectivity index (χ2n) is 11.0. The fourth-order valence-corrected chi connectivity index (χ4v) is 5.52. The van der Waals surface area contributed by atoms with Crippen LogP contribution in [0.3, 0.4) is 0 Å². The van der Waals surface area contributed by atoms with E-state index in [1.807, 2.05) is 84.9 Å². The molecule has 1 fully saturated rings. The van der Waals surface area contributed by atoms with Crippen molar-refractivity contribution in [2.45, 2.75) is 45.3 Å². The van der Waals surface area contributed by atoms with Crippen LogP contribution in [0.4, 0.5) is 5.69 Å². The highest BCUT2D eigenvalue weighted by molar-refractivity contribution is 6.10. The zero-order valence-electron chi connectivity index (χ0n) is 24.5. The molecule has 0 bridgehead atoms. The summed E-state index contributed by atoms with van der Waals surface area (Å²) in [4.78, 5) is 29.1. The molecule has 0 saturated carbocycles. The molecule has 0 unspecified atom stereocenters. The van der Waals surface area contributed by atoms with Crippen LogP contribution in [0.5, 0.6) is 5.75 Å². The molecule has 4 aromatic carbocycles. The van der Waals surface area contributed by atoms with Gasteiger partial charge in [-0.25, -0.2) is 4.79 Å². The molecule has 42 heavy (non-hydrogen) atoms. The average Bonchev–Trinajstić information content (AvgIpc) is 3.04. The Kier molecular flexibility index (Phi) is 9.35. The molecule has 0 spiro atoms. The lowest BCUT2D eigenvalue weighted by molar-refractivity contribution is 0.0602. The van der Waals surface area contributed by atoms with Crippen molar-refractivity contribution in [3.8, 4) is 16.9 Å². The molecule has 216 valence electrons. The lowest BCUT2D eigenvalue weighted by atomic mass is 9.88. The van der Waals surface area contributed by atoms with E-state index < -0.39 is 5.97 Å². The van der Waals surface area contributed by atoms with Crippen LogP contribution < -0.4 is 10.1 Å². The van der Waals surface area contributed by atoms with Crippen molar-refractivity contribution in [2.24, 2.45) is 0 Å². The maximum Gasteiger partial charge on any atom is 0.339 e. The number of nitrogens with zero attached hydrogens (tertiary/aromatic N) is 1. The third kappa shape index (κ3) is 6.89. The number of hydrogen-bond donors (Lipinski definition) is 1. The number of nitrogens with one attached hydrogen (secondary N) is 1. The molecule has 1 N–H and O–H groups in total. The summed E-state index contributed by atoms with van der Waals surface area (Å²) in [7, 11) is 1.34. The van der Waals surface area contributed by atoms with E-state index in [0.717, 1.165) is 48.2 Å². The topological polar surface area (TPSA) is 67.9 Å². The summed E-state index contributed by atoms with van der Waals surface area (Å²) in [6.45, 7) is 6.87. The molecule has 0 aliphatic carbocycles. The zero-order chi connectivity index (χ0) is 29.5. The smallest absolute Gasteiger partial charge is 0.339 e. The van der Waals surface area contributed by atoms with Gasteiger partial charge in [-0.1, -0.05) is 72.8 Å². The summed E-state index contributed by atoms with van der Waals surface area (Å²) in [6.07, 6.45) is 2.07. The first-order valence-corrected chi connectivity index (χ1v) is 14.6. The van der Waals surface area contributed by atoms with Gasteiger partial charge in [0.1, 0.15) is 12.4 Å². The van der Waals surface area contributed by atoms with E-state index in [4.69, 9.17) is 9.47 Å². The average molecular weight is 563 g/mol. The molecule has 0 atom stereocenters. The van der Waals surface area contributed by atoms with Crippen molar-refractivity contribution in [1.82, 2.24) is 4.90 Å². The fraction of sp³-hybridized carbons (Fsp3) is 0.278. The Morgan fingerprint density at radius 1 is 0.833 bits per heavy atom. The second kappa shape index (κ2) is 13.5. The van der Waals surface area contributed by atoms with Gasteiger partial charge in [0.05, 0.1) is 23.9 Å². The summed E-state index contributed by atoms with van der Waals surface area (Å²) in [5, 5.41) is 3.01. The normalized spacial score (nSPS) is 14.0. The summed E-state index contributed by atoms with van der Waals surface area (Å²) in [5.41, 5.74) is 5.11. The van der Waals surface area contributed by atoms with Gasteiger partial charge in [-0.15, -0.1) is 0 Å². The first-order valence-electron chi connectivity index (χ1n) is 14.6. The van der Waals surface area contributed by atoms with Crippen molar-refractivity contribution in [2.75, 3.05) is 25.5 Å². The number of ether oxygens (including phenoxy) is 2. The standard InChI is InChI=1S/C36H38N2O4/c1-25(2)38-20-18-28(19-21-38)29-15-17-34(42-24-26-10-6-4-7-11-26)32(22-29)35(39)37-33-23-30(27-12-8-5-9-13-27)14-16-31(33)36(40)41-3/h4-17,22-23,25,28H,18-21,24H2,1-3H3,(H,37,39). The molecule has 6 nitrogen and oxygen atoms in total. The molecular formula is C36H38N2O4. The minimum Gasteiger partial charge on any atom is -0.488 e. The van der Waals surface area contributed by atoms with Gasteiger partial charge in [0.15, 0.2) is 0 Å². The van der Waals surface area contributed by atoms with E-state index in [0.29, 0.717) is 35.6 Å². The van der Waals surface area contributed by atoms with E-state index in [9.17, 15) is 9.59 Å². The Hall–Kier alpha value is -4.42. The van der Waals surface area contributed by atoms with E-state index in [2.05, 4.69) is 30.1 Å². The molecule has 0 radical (unpaired) electrons. The minimum atomic E-state index is -0.517. The first kappa shape index (κ1) is 29.1. The number of anilines is 1. The quantitative estimate of drug-likeness (QED) is 0.213. The number of piperidine rings is 1. The molecule has 1 saturated heterocycles. The lowest BCUT2D eigenvalue weighted by Crippen LogP contribution is -2.37. The lowest BCUT2D eigenvalue weighted by Gasteiger charge is -2.35. The predicted molar refractivity (Wildman–Crippen MR) is 167 cm³/mol. The molecule has 6 heteroatoms. The summed E-state index contributed by atoms with van der Waals surface area (Å²) in [6, 6.07) is 31.6. The SMILES string of the molecule is COC(=O)c1ccc(-c2ccccc2)cc1NC(=O)c1cc(C2CCN(C(C)C)CC2)ccc1OCc1ccccc1. The Bertz CT molecular complexity index is 1510. The van der Waals surface area contributed by atoms with Gasteiger partial charge in [0.25, 0.3) is 5.91 Å². The van der Waals surface area contributed by atoms with Crippen LogP contribution in [0.25, 0.3) is 11.1 Å². The maximum atomic E-state index is 14.0. The van der Waals surface area contributed by atoms with Crippen LogP contribution in [-0.4, -0.2) is 43.0 Å². The van der Waals surface area contributed by atoms with Crippen molar-refractivity contribution < 1.29 is 19.1 Å². The number of carbonyl (C=O) groups excluding carboxylic acids is 2. The minimum absolute atomic E-state index is 0.287. The number of methoxy groups -OCH3 is 1. The van der Waals surface area contributed by atoms with E-state index >= 15 is 0 Å². The molecule has 1 heterocycles. The van der Waals surface area contributed by atoms with Crippen molar-refractivity contribution in [3.05, 3.63) is 119 Å². The Morgan fingerprint density at radius 2 is 1.52 bits per heavy atom. The van der Waals surface area contributed by atoms with Gasteiger partial charge in [-0.05, 0) is 92.2 Å². The molecule has 1 aliphatic heterocycles. The van der Waals surface area contributed by atoms with Crippen molar-refractivity contribution >= 4 is 17.6 Å². The van der Waals surface area contributed by atoms with Gasteiger partial charge in [-0.2, -0.15) is 0 Å². The molecule has 1 amide bonds. The highest BCUT2D eigenvalue weighted by Crippen LogP contribution is 2.33. The first-order chi connectivity index (χ1) is 20.4. The van der Waals surface area contributed by atoms with Crippen LogP contribution in [0.1, 0.15) is 64.4 Å². The zero-order valence-corrected chi connectivity index (χ0v) is 24.5. The Morgan fingerprint density at radius 3 is 2.19 bits per heavy atom. The number of rotatable bonds is 9. The highest BCUT2D eigenvalue weighted by atomic mass is 16.5. The number of amides is 1.